The highest BCUT2D eigenvalue weighted by atomic mass is 16.4. The van der Waals surface area contributed by atoms with Crippen molar-refractivity contribution in [3.63, 3.8) is 0 Å². The van der Waals surface area contributed by atoms with Gasteiger partial charge in [0.15, 0.2) is 0 Å². The van der Waals surface area contributed by atoms with E-state index in [1.807, 2.05) is 31.2 Å². The smallest absolute Gasteiger partial charge is 0.305 e. The van der Waals surface area contributed by atoms with E-state index in [1.165, 1.54) is 0 Å². The van der Waals surface area contributed by atoms with Crippen molar-refractivity contribution < 1.29 is 14.7 Å². The maximum absolute atomic E-state index is 11.9. The van der Waals surface area contributed by atoms with Crippen molar-refractivity contribution in [1.29, 1.82) is 0 Å². The summed E-state index contributed by atoms with van der Waals surface area (Å²) in [5, 5.41) is 11.5. The monoisotopic (exact) mass is 264 g/mol. The fourth-order valence-electron chi connectivity index (χ4n) is 1.89. The Bertz CT molecular complexity index is 446. The molecule has 0 fully saturated rings. The van der Waals surface area contributed by atoms with Gasteiger partial charge in [0.25, 0.3) is 0 Å². The third kappa shape index (κ3) is 5.09. The van der Waals surface area contributed by atoms with Crippen LogP contribution >= 0.6 is 0 Å². The average Bonchev–Trinajstić information content (AvgIpc) is 2.38. The lowest BCUT2D eigenvalue weighted by molar-refractivity contribution is -0.137. The van der Waals surface area contributed by atoms with Crippen LogP contribution in [0.3, 0.4) is 0 Å². The molecule has 0 aliphatic carbocycles. The Morgan fingerprint density at radius 3 is 2.47 bits per heavy atom. The Labute approximate surface area is 112 Å². The van der Waals surface area contributed by atoms with Gasteiger partial charge in [0.2, 0.25) is 5.91 Å². The number of aliphatic carboxylic acids is 1. The SMILES string of the molecule is CCC(CC(=O)O)NC(=O)Cc1ccccc1CN. The van der Waals surface area contributed by atoms with Gasteiger partial charge in [0.05, 0.1) is 12.8 Å². The van der Waals surface area contributed by atoms with Crippen molar-refractivity contribution in [2.75, 3.05) is 0 Å². The van der Waals surface area contributed by atoms with E-state index in [0.717, 1.165) is 11.1 Å². The van der Waals surface area contributed by atoms with E-state index in [9.17, 15) is 9.59 Å². The zero-order valence-corrected chi connectivity index (χ0v) is 11.1. The maximum atomic E-state index is 11.9. The topological polar surface area (TPSA) is 92.4 Å². The van der Waals surface area contributed by atoms with E-state index >= 15 is 0 Å². The molecule has 0 saturated carbocycles. The Hall–Kier alpha value is -1.88. The van der Waals surface area contributed by atoms with Gasteiger partial charge in [-0.3, -0.25) is 9.59 Å². The van der Waals surface area contributed by atoms with Crippen LogP contribution in [0, 0.1) is 0 Å². The summed E-state index contributed by atoms with van der Waals surface area (Å²) in [6, 6.07) is 7.16. The first-order valence-electron chi connectivity index (χ1n) is 6.34. The minimum absolute atomic E-state index is 0.0548. The van der Waals surface area contributed by atoms with Gasteiger partial charge in [-0.15, -0.1) is 0 Å². The van der Waals surface area contributed by atoms with Crippen molar-refractivity contribution in [3.05, 3.63) is 35.4 Å². The second kappa shape index (κ2) is 7.53. The molecule has 104 valence electrons. The summed E-state index contributed by atoms with van der Waals surface area (Å²) >= 11 is 0. The number of carbonyl (C=O) groups excluding carboxylic acids is 1. The second-order valence-electron chi connectivity index (χ2n) is 4.42. The third-order valence-corrected chi connectivity index (χ3v) is 2.97. The molecule has 4 N–H and O–H groups in total. The molecule has 0 saturated heterocycles. The Morgan fingerprint density at radius 1 is 1.32 bits per heavy atom. The molecule has 5 nitrogen and oxygen atoms in total. The molecular formula is C14H20N2O3. The highest BCUT2D eigenvalue weighted by molar-refractivity contribution is 5.80. The molecule has 1 rings (SSSR count). The average molecular weight is 264 g/mol. The van der Waals surface area contributed by atoms with Crippen LogP contribution in [0.4, 0.5) is 0 Å². The third-order valence-electron chi connectivity index (χ3n) is 2.97. The van der Waals surface area contributed by atoms with Gasteiger partial charge in [0.1, 0.15) is 0 Å². The summed E-state index contributed by atoms with van der Waals surface area (Å²) in [6.07, 6.45) is 0.765. The predicted octanol–water partition coefficient (Wildman–Crippen LogP) is 1.06. The van der Waals surface area contributed by atoms with Crippen LogP contribution in [0.5, 0.6) is 0 Å². The van der Waals surface area contributed by atoms with Crippen LogP contribution in [0.2, 0.25) is 0 Å². The van der Waals surface area contributed by atoms with E-state index < -0.39 is 5.97 Å². The van der Waals surface area contributed by atoms with Crippen molar-refractivity contribution in [3.8, 4) is 0 Å². The number of hydrogen-bond acceptors (Lipinski definition) is 3. The number of carboxylic acids is 1. The number of rotatable bonds is 7. The molecule has 0 spiro atoms. The Kier molecular flexibility index (Phi) is 6.02. The van der Waals surface area contributed by atoms with Crippen LogP contribution in [-0.2, 0) is 22.6 Å². The van der Waals surface area contributed by atoms with Gasteiger partial charge in [-0.2, -0.15) is 0 Å². The molecule has 1 aromatic rings. The van der Waals surface area contributed by atoms with Crippen molar-refractivity contribution in [2.24, 2.45) is 5.73 Å². The van der Waals surface area contributed by atoms with Crippen LogP contribution < -0.4 is 11.1 Å². The van der Waals surface area contributed by atoms with Gasteiger partial charge in [-0.05, 0) is 17.5 Å². The number of carbonyl (C=O) groups is 2. The van der Waals surface area contributed by atoms with E-state index in [1.54, 1.807) is 0 Å². The number of carboxylic acid groups (broad SMARTS) is 1. The minimum atomic E-state index is -0.908. The molecule has 0 bridgehead atoms. The van der Waals surface area contributed by atoms with Gasteiger partial charge < -0.3 is 16.2 Å². The molecule has 19 heavy (non-hydrogen) atoms. The molecule has 5 heteroatoms. The molecule has 1 atom stereocenters. The molecule has 1 amide bonds. The summed E-state index contributed by atoms with van der Waals surface area (Å²) in [6.45, 7) is 2.23. The number of nitrogens with two attached hydrogens (primary N) is 1. The van der Waals surface area contributed by atoms with Crippen LogP contribution in [0.1, 0.15) is 30.9 Å². The first-order valence-corrected chi connectivity index (χ1v) is 6.34. The number of benzene rings is 1. The standard InChI is InChI=1S/C14H20N2O3/c1-2-12(8-14(18)19)16-13(17)7-10-5-3-4-6-11(10)9-15/h3-6,12H,2,7-9,15H2,1H3,(H,16,17)(H,18,19). The van der Waals surface area contributed by atoms with Crippen LogP contribution in [0.15, 0.2) is 24.3 Å². The van der Waals surface area contributed by atoms with Gasteiger partial charge in [0, 0.05) is 12.6 Å². The zero-order valence-electron chi connectivity index (χ0n) is 11.1. The van der Waals surface area contributed by atoms with Gasteiger partial charge >= 0.3 is 5.97 Å². The molecule has 0 aliphatic heterocycles. The number of amides is 1. The Balaban J connectivity index is 2.61. The first kappa shape index (κ1) is 15.2. The number of nitrogens with one attached hydrogen (secondary N) is 1. The molecule has 0 heterocycles. The van der Waals surface area contributed by atoms with E-state index in [0.29, 0.717) is 13.0 Å². The molecular weight excluding hydrogens is 244 g/mol. The predicted molar refractivity (Wildman–Crippen MR) is 72.5 cm³/mol. The summed E-state index contributed by atoms with van der Waals surface area (Å²) in [4.78, 5) is 22.5. The summed E-state index contributed by atoms with van der Waals surface area (Å²) in [5.74, 6) is -1.08. The van der Waals surface area contributed by atoms with E-state index in [4.69, 9.17) is 10.8 Å². The molecule has 0 radical (unpaired) electrons. The molecule has 1 aromatic carbocycles. The number of hydrogen-bond donors (Lipinski definition) is 3. The molecule has 0 aliphatic rings. The lowest BCUT2D eigenvalue weighted by Crippen LogP contribution is -2.37. The van der Waals surface area contributed by atoms with Crippen molar-refractivity contribution in [1.82, 2.24) is 5.32 Å². The first-order chi connectivity index (χ1) is 9.06. The lowest BCUT2D eigenvalue weighted by atomic mass is 10.0. The summed E-state index contributed by atoms with van der Waals surface area (Å²) in [7, 11) is 0. The summed E-state index contributed by atoms with van der Waals surface area (Å²) < 4.78 is 0. The largest absolute Gasteiger partial charge is 0.481 e. The van der Waals surface area contributed by atoms with Crippen LogP contribution in [-0.4, -0.2) is 23.0 Å². The van der Waals surface area contributed by atoms with Gasteiger partial charge in [-0.25, -0.2) is 0 Å². The van der Waals surface area contributed by atoms with E-state index in [2.05, 4.69) is 5.32 Å². The fourth-order valence-corrected chi connectivity index (χ4v) is 1.89. The van der Waals surface area contributed by atoms with Gasteiger partial charge in [-0.1, -0.05) is 31.2 Å². The normalized spacial score (nSPS) is 11.9. The minimum Gasteiger partial charge on any atom is -0.481 e. The lowest BCUT2D eigenvalue weighted by Gasteiger charge is -2.15. The molecule has 0 aromatic heterocycles. The van der Waals surface area contributed by atoms with Crippen molar-refractivity contribution >= 4 is 11.9 Å². The van der Waals surface area contributed by atoms with Crippen molar-refractivity contribution in [2.45, 2.75) is 38.8 Å². The molecule has 1 unspecified atom stereocenters. The maximum Gasteiger partial charge on any atom is 0.305 e. The Morgan fingerprint density at radius 2 is 1.95 bits per heavy atom. The fraction of sp³-hybridized carbons (Fsp3) is 0.429. The second-order valence-corrected chi connectivity index (χ2v) is 4.42. The van der Waals surface area contributed by atoms with Crippen LogP contribution in [0.25, 0.3) is 0 Å². The summed E-state index contributed by atoms with van der Waals surface area (Å²) in [5.41, 5.74) is 7.43. The highest BCUT2D eigenvalue weighted by Gasteiger charge is 2.14. The quantitative estimate of drug-likeness (QED) is 0.686. The van der Waals surface area contributed by atoms with E-state index in [-0.39, 0.29) is 24.8 Å². The zero-order chi connectivity index (χ0) is 14.3. The highest BCUT2D eigenvalue weighted by Crippen LogP contribution is 2.09.